The number of anilines is 1. The van der Waals surface area contributed by atoms with Crippen molar-refractivity contribution in [2.75, 3.05) is 5.32 Å². The van der Waals surface area contributed by atoms with E-state index in [-0.39, 0.29) is 0 Å². The summed E-state index contributed by atoms with van der Waals surface area (Å²) in [7, 11) is 11.3. The number of hydrogen-bond acceptors (Lipinski definition) is 3. The molecule has 92 valence electrons. The number of carbonyl (C=O) groups excluding carboxylic acids is 1. The highest BCUT2D eigenvalue weighted by Gasteiger charge is 2.19. The molecule has 0 spiro atoms. The minimum Gasteiger partial charge on any atom is -0.444 e. The van der Waals surface area contributed by atoms with Gasteiger partial charge < -0.3 is 4.74 Å². The largest absolute Gasteiger partial charge is 0.444 e. The topological polar surface area (TPSA) is 51.2 Å². The van der Waals surface area contributed by atoms with Gasteiger partial charge in [0.2, 0.25) is 0 Å². The Hall–Kier alpha value is -0.970. The molecule has 0 bridgehead atoms. The Morgan fingerprint density at radius 3 is 2.50 bits per heavy atom. The zero-order chi connectivity index (χ0) is 14.0. The average Bonchev–Trinajstić information content (AvgIpc) is 2.13. The molecular formula is C11H13B2BrN2O2. The highest BCUT2D eigenvalue weighted by Crippen LogP contribution is 2.22. The zero-order valence-electron chi connectivity index (χ0n) is 10.5. The Morgan fingerprint density at radius 2 is 2.00 bits per heavy atom. The van der Waals surface area contributed by atoms with Crippen molar-refractivity contribution in [3.05, 3.63) is 23.9 Å². The lowest BCUT2D eigenvalue weighted by Gasteiger charge is -2.20. The van der Waals surface area contributed by atoms with Crippen LogP contribution in [0.4, 0.5) is 10.6 Å². The molecule has 0 aromatic carbocycles. The van der Waals surface area contributed by atoms with Gasteiger partial charge in [0, 0.05) is 5.69 Å². The molecule has 0 aliphatic heterocycles. The zero-order valence-corrected chi connectivity index (χ0v) is 12.1. The fourth-order valence-corrected chi connectivity index (χ4v) is 1.35. The monoisotopic (exact) mass is 306 g/mol. The van der Waals surface area contributed by atoms with Gasteiger partial charge in [0.25, 0.3) is 0 Å². The third-order valence-corrected chi connectivity index (χ3v) is 2.18. The third kappa shape index (κ3) is 5.12. The first kappa shape index (κ1) is 15.1. The van der Waals surface area contributed by atoms with Gasteiger partial charge in [-0.25, -0.2) is 9.78 Å². The number of pyridine rings is 1. The van der Waals surface area contributed by atoms with Gasteiger partial charge in [0.15, 0.2) is 0 Å². The van der Waals surface area contributed by atoms with E-state index < -0.39 is 15.8 Å². The minimum absolute atomic E-state index is 0.321. The van der Waals surface area contributed by atoms with Gasteiger partial charge in [-0.15, -0.1) is 0 Å². The van der Waals surface area contributed by atoms with Crippen LogP contribution in [-0.4, -0.2) is 32.4 Å². The van der Waals surface area contributed by atoms with Crippen LogP contribution < -0.4 is 5.32 Å². The molecule has 1 aromatic heterocycles. The van der Waals surface area contributed by atoms with Gasteiger partial charge in [0.1, 0.15) is 11.4 Å². The van der Waals surface area contributed by atoms with E-state index >= 15 is 0 Å². The maximum atomic E-state index is 11.5. The number of aromatic nitrogens is 1. The Bertz CT molecular complexity index is 441. The summed E-state index contributed by atoms with van der Waals surface area (Å²) >= 11 is 3.08. The Labute approximate surface area is 118 Å². The van der Waals surface area contributed by atoms with Crippen molar-refractivity contribution in [1.29, 1.82) is 0 Å². The highest BCUT2D eigenvalue weighted by molar-refractivity contribution is 9.10. The second-order valence-electron chi connectivity index (χ2n) is 4.80. The summed E-state index contributed by atoms with van der Waals surface area (Å²) in [6.45, 7) is 5.33. The van der Waals surface area contributed by atoms with Crippen molar-refractivity contribution < 1.29 is 9.53 Å². The lowest BCUT2D eigenvalue weighted by atomic mass is 9.68. The fraction of sp³-hybridized carbons (Fsp3) is 0.455. The van der Waals surface area contributed by atoms with Gasteiger partial charge >= 0.3 is 6.09 Å². The van der Waals surface area contributed by atoms with Crippen LogP contribution in [0.2, 0.25) is 0 Å². The van der Waals surface area contributed by atoms with Crippen LogP contribution >= 0.6 is 15.9 Å². The third-order valence-electron chi connectivity index (χ3n) is 1.77. The molecule has 0 unspecified atom stereocenters. The van der Waals surface area contributed by atoms with E-state index in [4.69, 9.17) is 20.4 Å². The van der Waals surface area contributed by atoms with Gasteiger partial charge in [-0.2, -0.15) is 0 Å². The molecule has 0 atom stereocenters. The Kier molecular flexibility index (Phi) is 4.48. The van der Waals surface area contributed by atoms with E-state index in [1.807, 2.05) is 0 Å². The normalized spacial score (nSPS) is 12.0. The Morgan fingerprint density at radius 1 is 1.39 bits per heavy atom. The van der Waals surface area contributed by atoms with Gasteiger partial charge in [0.05, 0.1) is 15.7 Å². The molecule has 1 rings (SSSR count). The van der Waals surface area contributed by atoms with Gasteiger partial charge in [-0.05, 0) is 37.0 Å². The summed E-state index contributed by atoms with van der Waals surface area (Å²) in [5.41, 5.74) is -0.168. The second kappa shape index (κ2) is 5.34. The quantitative estimate of drug-likeness (QED) is 0.673. The van der Waals surface area contributed by atoms with Crippen molar-refractivity contribution in [2.24, 2.45) is 0 Å². The van der Waals surface area contributed by atoms with Crippen molar-refractivity contribution in [3.8, 4) is 0 Å². The van der Waals surface area contributed by atoms with E-state index in [0.717, 1.165) is 0 Å². The molecule has 1 amide bonds. The number of halogens is 1. The number of nitrogens with one attached hydrogen (secondary N) is 1. The first-order valence-corrected chi connectivity index (χ1v) is 6.11. The summed E-state index contributed by atoms with van der Waals surface area (Å²) in [5, 5.41) is 2.51. The smallest absolute Gasteiger partial charge is 0.413 e. The van der Waals surface area contributed by atoms with E-state index in [2.05, 4.69) is 26.2 Å². The average molecular weight is 307 g/mol. The fourth-order valence-electron chi connectivity index (χ4n) is 1.13. The van der Waals surface area contributed by atoms with Crippen molar-refractivity contribution in [3.63, 3.8) is 0 Å². The van der Waals surface area contributed by atoms with Crippen molar-refractivity contribution in [2.45, 2.75) is 30.5 Å². The van der Waals surface area contributed by atoms with Gasteiger partial charge in [-0.1, -0.05) is 22.0 Å². The van der Waals surface area contributed by atoms with E-state index in [1.54, 1.807) is 39.0 Å². The number of nitrogens with zero attached hydrogens (tertiary/aromatic N) is 1. The lowest BCUT2D eigenvalue weighted by molar-refractivity contribution is 0.0635. The first-order valence-electron chi connectivity index (χ1n) is 5.32. The maximum absolute atomic E-state index is 11.5. The number of alkyl halides is 1. The molecule has 4 nitrogen and oxygen atoms in total. The summed E-state index contributed by atoms with van der Waals surface area (Å²) in [5.74, 6) is 0.321. The molecule has 0 fully saturated rings. The summed E-state index contributed by atoms with van der Waals surface area (Å²) in [6, 6.07) is 4.95. The van der Waals surface area contributed by atoms with Crippen LogP contribution in [0.1, 0.15) is 26.5 Å². The molecule has 0 aliphatic rings. The first-order chi connectivity index (χ1) is 8.08. The van der Waals surface area contributed by atoms with Crippen LogP contribution in [-0.2, 0) is 8.86 Å². The van der Waals surface area contributed by atoms with Gasteiger partial charge in [-0.3, -0.25) is 5.32 Å². The van der Waals surface area contributed by atoms with Crippen LogP contribution in [0.15, 0.2) is 18.2 Å². The predicted octanol–water partition coefficient (Wildman–Crippen LogP) is 2.27. The van der Waals surface area contributed by atoms with Crippen molar-refractivity contribution >= 4 is 43.5 Å². The molecule has 0 saturated carbocycles. The highest BCUT2D eigenvalue weighted by atomic mass is 79.9. The number of rotatable bonds is 2. The van der Waals surface area contributed by atoms with E-state index in [0.29, 0.717) is 11.5 Å². The maximum Gasteiger partial charge on any atom is 0.413 e. The standard InChI is InChI=1S/C11H13B2BrN2O2/c1-10(2,3)18-9(17)16-8-6-4-5-7(15-8)11(12,13)14/h4-6H,1-3H3,(H,15,16,17). The SMILES string of the molecule is [B]C([B])(Br)c1cccc(NC(=O)OC(C)(C)C)n1. The molecule has 0 saturated heterocycles. The molecule has 4 radical (unpaired) electrons. The molecule has 1 N–H and O–H groups in total. The molecule has 1 aromatic rings. The number of amides is 1. The lowest BCUT2D eigenvalue weighted by Crippen LogP contribution is -2.28. The number of ether oxygens (including phenoxy) is 1. The molecule has 7 heteroatoms. The number of hydrogen-bond donors (Lipinski definition) is 1. The summed E-state index contributed by atoms with van der Waals surface area (Å²) < 4.78 is 3.87. The molecular weight excluding hydrogens is 294 g/mol. The molecule has 0 aliphatic carbocycles. The summed E-state index contributed by atoms with van der Waals surface area (Å²) in [4.78, 5) is 15.6. The summed E-state index contributed by atoms with van der Waals surface area (Å²) in [6.07, 6.45) is -0.582. The van der Waals surface area contributed by atoms with Crippen LogP contribution in [0, 0.1) is 0 Å². The van der Waals surface area contributed by atoms with E-state index in [9.17, 15) is 4.79 Å². The van der Waals surface area contributed by atoms with E-state index in [1.165, 1.54) is 0 Å². The Balaban J connectivity index is 2.77. The minimum atomic E-state index is -1.24. The van der Waals surface area contributed by atoms with Crippen molar-refractivity contribution in [1.82, 2.24) is 4.98 Å². The molecule has 18 heavy (non-hydrogen) atoms. The number of carbonyl (C=O) groups is 1. The predicted molar refractivity (Wildman–Crippen MR) is 76.2 cm³/mol. The second-order valence-corrected chi connectivity index (χ2v) is 6.12. The van der Waals surface area contributed by atoms with Crippen LogP contribution in [0.25, 0.3) is 0 Å². The van der Waals surface area contributed by atoms with Crippen LogP contribution in [0.3, 0.4) is 0 Å². The molecule has 1 heterocycles. The van der Waals surface area contributed by atoms with Crippen LogP contribution in [0.5, 0.6) is 0 Å².